The molecule has 0 N–H and O–H groups in total. The summed E-state index contributed by atoms with van der Waals surface area (Å²) in [6.45, 7) is 1.97. The van der Waals surface area contributed by atoms with E-state index in [1.807, 2.05) is 0 Å². The molecule has 0 fully saturated rings. The monoisotopic (exact) mass is 340 g/mol. The summed E-state index contributed by atoms with van der Waals surface area (Å²) in [7, 11) is 1.56. The molecule has 3 rings (SSSR count). The minimum absolute atomic E-state index is 0.00851. The molecule has 2 aromatic carbocycles. The molecule has 0 saturated heterocycles. The molecule has 0 amide bonds. The van der Waals surface area contributed by atoms with Crippen LogP contribution in [0.25, 0.3) is 5.69 Å². The molecular formula is C17H16N4O4. The van der Waals surface area contributed by atoms with Gasteiger partial charge in [0.15, 0.2) is 0 Å². The van der Waals surface area contributed by atoms with Gasteiger partial charge in [-0.15, -0.1) is 0 Å². The standard InChI is InChI=1S/C17H16N4O4/c1-12-18-19(11-13-6-8-14(9-7-13)21(23)24)17(22)20(12)15-4-3-5-16(10-15)25-2/h3-10H,11H2,1-2H3. The molecule has 0 saturated carbocycles. The molecule has 0 unspecified atom stereocenters. The molecule has 0 spiro atoms. The molecule has 0 aliphatic carbocycles. The van der Waals surface area contributed by atoms with E-state index in [1.165, 1.54) is 21.4 Å². The predicted molar refractivity (Wildman–Crippen MR) is 91.3 cm³/mol. The van der Waals surface area contributed by atoms with E-state index >= 15 is 0 Å². The molecule has 8 nitrogen and oxygen atoms in total. The van der Waals surface area contributed by atoms with E-state index in [1.54, 1.807) is 50.4 Å². The Morgan fingerprint density at radius 3 is 2.56 bits per heavy atom. The van der Waals surface area contributed by atoms with Crippen LogP contribution in [0.3, 0.4) is 0 Å². The molecule has 0 aliphatic heterocycles. The van der Waals surface area contributed by atoms with E-state index in [0.717, 1.165) is 5.56 Å². The van der Waals surface area contributed by atoms with Crippen molar-refractivity contribution in [3.63, 3.8) is 0 Å². The SMILES string of the molecule is COc1cccc(-n2c(C)nn(Cc3ccc([N+](=O)[O-])cc3)c2=O)c1. The average Bonchev–Trinajstić information content (AvgIpc) is 2.89. The second kappa shape index (κ2) is 6.60. The Balaban J connectivity index is 1.94. The summed E-state index contributed by atoms with van der Waals surface area (Å²) < 4.78 is 8.01. The van der Waals surface area contributed by atoms with Crippen molar-refractivity contribution in [2.75, 3.05) is 7.11 Å². The van der Waals surface area contributed by atoms with Gasteiger partial charge in [0, 0.05) is 18.2 Å². The first-order valence-corrected chi connectivity index (χ1v) is 7.54. The Labute approximate surface area is 143 Å². The normalized spacial score (nSPS) is 10.6. The third-order valence-electron chi connectivity index (χ3n) is 3.79. The topological polar surface area (TPSA) is 92.2 Å². The van der Waals surface area contributed by atoms with Crippen molar-refractivity contribution >= 4 is 5.69 Å². The lowest BCUT2D eigenvalue weighted by Crippen LogP contribution is -2.24. The van der Waals surface area contributed by atoms with Crippen molar-refractivity contribution in [3.05, 3.63) is 80.5 Å². The number of methoxy groups -OCH3 is 1. The lowest BCUT2D eigenvalue weighted by atomic mass is 10.2. The molecule has 8 heteroatoms. The van der Waals surface area contributed by atoms with Crippen molar-refractivity contribution in [1.82, 2.24) is 14.3 Å². The second-order valence-electron chi connectivity index (χ2n) is 5.45. The maximum Gasteiger partial charge on any atom is 0.350 e. The summed E-state index contributed by atoms with van der Waals surface area (Å²) in [5.41, 5.74) is 1.14. The predicted octanol–water partition coefficient (Wildman–Crippen LogP) is 2.31. The second-order valence-corrected chi connectivity index (χ2v) is 5.45. The van der Waals surface area contributed by atoms with Crippen LogP contribution in [0.15, 0.2) is 53.3 Å². The number of hydrogen-bond donors (Lipinski definition) is 0. The Hall–Kier alpha value is -3.42. The number of rotatable bonds is 5. The van der Waals surface area contributed by atoms with Gasteiger partial charge in [-0.05, 0) is 24.6 Å². The third kappa shape index (κ3) is 3.27. The number of hydrogen-bond acceptors (Lipinski definition) is 5. The first-order valence-electron chi connectivity index (χ1n) is 7.54. The van der Waals surface area contributed by atoms with Gasteiger partial charge >= 0.3 is 5.69 Å². The summed E-state index contributed by atoms with van der Waals surface area (Å²) in [6.07, 6.45) is 0. The van der Waals surface area contributed by atoms with Crippen LogP contribution in [0.2, 0.25) is 0 Å². The first kappa shape index (κ1) is 16.4. The Bertz CT molecular complexity index is 973. The van der Waals surface area contributed by atoms with Gasteiger partial charge in [-0.1, -0.05) is 18.2 Å². The van der Waals surface area contributed by atoms with E-state index in [0.29, 0.717) is 17.3 Å². The van der Waals surface area contributed by atoms with E-state index in [4.69, 9.17) is 4.74 Å². The number of benzene rings is 2. The summed E-state index contributed by atoms with van der Waals surface area (Å²) in [5.74, 6) is 1.19. The molecule has 0 atom stereocenters. The zero-order valence-corrected chi connectivity index (χ0v) is 13.7. The maximum absolute atomic E-state index is 12.7. The molecule has 0 bridgehead atoms. The highest BCUT2D eigenvalue weighted by Gasteiger charge is 2.13. The zero-order valence-electron chi connectivity index (χ0n) is 13.7. The largest absolute Gasteiger partial charge is 0.497 e. The molecule has 1 heterocycles. The average molecular weight is 340 g/mol. The Kier molecular flexibility index (Phi) is 4.34. The highest BCUT2D eigenvalue weighted by Crippen LogP contribution is 2.16. The number of aryl methyl sites for hydroxylation is 1. The number of aromatic nitrogens is 3. The van der Waals surface area contributed by atoms with Crippen LogP contribution in [-0.4, -0.2) is 26.4 Å². The number of ether oxygens (including phenoxy) is 1. The van der Waals surface area contributed by atoms with E-state index in [-0.39, 0.29) is 17.9 Å². The van der Waals surface area contributed by atoms with Gasteiger partial charge in [0.1, 0.15) is 11.6 Å². The molecule has 0 radical (unpaired) electrons. The summed E-state index contributed by atoms with van der Waals surface area (Å²) >= 11 is 0. The van der Waals surface area contributed by atoms with Crippen molar-refractivity contribution in [2.45, 2.75) is 13.5 Å². The fourth-order valence-corrected chi connectivity index (χ4v) is 2.56. The molecular weight excluding hydrogens is 324 g/mol. The first-order chi connectivity index (χ1) is 12.0. The van der Waals surface area contributed by atoms with Gasteiger partial charge in [0.05, 0.1) is 24.3 Å². The lowest BCUT2D eigenvalue weighted by Gasteiger charge is -2.05. The fraction of sp³-hybridized carbons (Fsp3) is 0.176. The maximum atomic E-state index is 12.7. The molecule has 1 aromatic heterocycles. The highest BCUT2D eigenvalue weighted by atomic mass is 16.6. The van der Waals surface area contributed by atoms with Crippen LogP contribution >= 0.6 is 0 Å². The fourth-order valence-electron chi connectivity index (χ4n) is 2.56. The highest BCUT2D eigenvalue weighted by molar-refractivity contribution is 5.39. The van der Waals surface area contributed by atoms with Crippen LogP contribution in [0.5, 0.6) is 5.75 Å². The van der Waals surface area contributed by atoms with Crippen LogP contribution in [0.1, 0.15) is 11.4 Å². The van der Waals surface area contributed by atoms with Crippen molar-refractivity contribution in [3.8, 4) is 11.4 Å². The Morgan fingerprint density at radius 2 is 1.92 bits per heavy atom. The van der Waals surface area contributed by atoms with E-state index in [2.05, 4.69) is 5.10 Å². The summed E-state index contributed by atoms with van der Waals surface area (Å²) in [6, 6.07) is 13.2. The van der Waals surface area contributed by atoms with Gasteiger partial charge in [0.25, 0.3) is 5.69 Å². The van der Waals surface area contributed by atoms with Crippen LogP contribution < -0.4 is 10.4 Å². The van der Waals surface area contributed by atoms with Gasteiger partial charge < -0.3 is 4.74 Å². The van der Waals surface area contributed by atoms with Gasteiger partial charge in [-0.3, -0.25) is 10.1 Å². The molecule has 25 heavy (non-hydrogen) atoms. The smallest absolute Gasteiger partial charge is 0.350 e. The van der Waals surface area contributed by atoms with Gasteiger partial charge in [0.2, 0.25) is 0 Å². The summed E-state index contributed by atoms with van der Waals surface area (Å²) in [4.78, 5) is 22.9. The van der Waals surface area contributed by atoms with Crippen molar-refractivity contribution < 1.29 is 9.66 Å². The third-order valence-corrected chi connectivity index (χ3v) is 3.79. The van der Waals surface area contributed by atoms with Crippen molar-refractivity contribution in [1.29, 1.82) is 0 Å². The van der Waals surface area contributed by atoms with E-state index < -0.39 is 4.92 Å². The van der Waals surface area contributed by atoms with Gasteiger partial charge in [-0.25, -0.2) is 14.0 Å². The van der Waals surface area contributed by atoms with Crippen molar-refractivity contribution in [2.24, 2.45) is 0 Å². The molecule has 128 valence electrons. The van der Waals surface area contributed by atoms with E-state index in [9.17, 15) is 14.9 Å². The zero-order chi connectivity index (χ0) is 18.0. The van der Waals surface area contributed by atoms with Crippen LogP contribution in [0.4, 0.5) is 5.69 Å². The Morgan fingerprint density at radius 1 is 1.20 bits per heavy atom. The quantitative estimate of drug-likeness (QED) is 0.525. The summed E-state index contributed by atoms with van der Waals surface area (Å²) in [5, 5.41) is 15.0. The molecule has 0 aliphatic rings. The minimum atomic E-state index is -0.461. The van der Waals surface area contributed by atoms with Gasteiger partial charge in [-0.2, -0.15) is 5.10 Å². The number of nitro benzene ring substituents is 1. The number of non-ortho nitro benzene ring substituents is 1. The number of nitro groups is 1. The molecule has 3 aromatic rings. The van der Waals surface area contributed by atoms with Crippen LogP contribution in [0, 0.1) is 17.0 Å². The minimum Gasteiger partial charge on any atom is -0.497 e. The van der Waals surface area contributed by atoms with Crippen LogP contribution in [-0.2, 0) is 6.54 Å². The number of nitrogens with zero attached hydrogens (tertiary/aromatic N) is 4. The lowest BCUT2D eigenvalue weighted by molar-refractivity contribution is -0.384.